The molecular weight excluding hydrogens is 528 g/mol. The van der Waals surface area contributed by atoms with E-state index in [2.05, 4.69) is 6.92 Å². The minimum absolute atomic E-state index is 0.270. The zero-order valence-electron chi connectivity index (χ0n) is 23.8. The van der Waals surface area contributed by atoms with Crippen LogP contribution in [-0.4, -0.2) is 11.1 Å². The minimum Gasteiger partial charge on any atom is -0.478 e. The normalized spacial score (nSPS) is 17.1. The first-order valence-electron chi connectivity index (χ1n) is 15.1. The van der Waals surface area contributed by atoms with Crippen molar-refractivity contribution < 1.29 is 27.5 Å². The molecule has 0 unspecified atom stereocenters. The summed E-state index contributed by atoms with van der Waals surface area (Å²) in [4.78, 5) is 11.5. The van der Waals surface area contributed by atoms with Crippen LogP contribution in [0.3, 0.4) is 0 Å². The summed E-state index contributed by atoms with van der Waals surface area (Å²) < 4.78 is 57.0. The number of halogens is 4. The van der Waals surface area contributed by atoms with E-state index in [-0.39, 0.29) is 16.7 Å². The molecule has 0 bridgehead atoms. The number of carboxylic acids is 1. The summed E-state index contributed by atoms with van der Waals surface area (Å²) in [5, 5.41) is 9.40. The Bertz CT molecular complexity index is 1290. The van der Waals surface area contributed by atoms with Crippen molar-refractivity contribution in [1.82, 2.24) is 0 Å². The highest BCUT2D eigenvalue weighted by atomic mass is 19.2. The number of carboxylic acid groups (broad SMARTS) is 1. The molecule has 1 fully saturated rings. The van der Waals surface area contributed by atoms with E-state index >= 15 is 4.39 Å². The quantitative estimate of drug-likeness (QED) is 0.126. The van der Waals surface area contributed by atoms with Gasteiger partial charge in [0.15, 0.2) is 17.5 Å². The highest BCUT2D eigenvalue weighted by Gasteiger charge is 2.23. The van der Waals surface area contributed by atoms with Crippen LogP contribution in [0.4, 0.5) is 17.6 Å². The van der Waals surface area contributed by atoms with E-state index in [1.54, 1.807) is 0 Å². The van der Waals surface area contributed by atoms with Gasteiger partial charge in [-0.15, -0.1) is 0 Å². The smallest absolute Gasteiger partial charge is 0.338 e. The summed E-state index contributed by atoms with van der Waals surface area (Å²) in [6, 6.07) is 11.4. The molecule has 2 nitrogen and oxygen atoms in total. The van der Waals surface area contributed by atoms with E-state index in [0.29, 0.717) is 17.7 Å². The van der Waals surface area contributed by atoms with Gasteiger partial charge in [0, 0.05) is 5.56 Å². The maximum Gasteiger partial charge on any atom is 0.338 e. The average molecular weight is 569 g/mol. The summed E-state index contributed by atoms with van der Waals surface area (Å²) in [7, 11) is 0. The number of unbranched alkanes of at least 4 members (excludes halogenated alkanes) is 5. The SMILES string of the molecule is CCCCCCCCC1CCC(CCc2ccc(-c3ccc(C(=O)O)c(F)c3-c3cc(F)c(F)c(F)c3)cc2)CC1. The van der Waals surface area contributed by atoms with Gasteiger partial charge in [-0.1, -0.05) is 108 Å². The lowest BCUT2D eigenvalue weighted by Crippen LogP contribution is -2.15. The fraction of sp³-hybridized carbons (Fsp3) is 0.457. The van der Waals surface area contributed by atoms with Crippen molar-refractivity contribution in [3.63, 3.8) is 0 Å². The van der Waals surface area contributed by atoms with Crippen molar-refractivity contribution in [3.8, 4) is 22.3 Å². The van der Waals surface area contributed by atoms with Crippen LogP contribution in [0.25, 0.3) is 22.3 Å². The number of benzene rings is 3. The molecule has 3 aromatic rings. The predicted molar refractivity (Wildman–Crippen MR) is 156 cm³/mol. The molecule has 4 rings (SSSR count). The number of aromatic carboxylic acids is 1. The van der Waals surface area contributed by atoms with Crippen molar-refractivity contribution >= 4 is 5.97 Å². The van der Waals surface area contributed by atoms with Crippen LogP contribution in [0, 0.1) is 35.1 Å². The molecule has 0 radical (unpaired) electrons. The van der Waals surface area contributed by atoms with Crippen LogP contribution in [0.2, 0.25) is 0 Å². The second-order valence-corrected chi connectivity index (χ2v) is 11.6. The van der Waals surface area contributed by atoms with Gasteiger partial charge in [-0.05, 0) is 65.1 Å². The van der Waals surface area contributed by atoms with Gasteiger partial charge >= 0.3 is 5.97 Å². The summed E-state index contributed by atoms with van der Waals surface area (Å²) in [5.41, 5.74) is 0.799. The maximum atomic E-state index is 15.4. The van der Waals surface area contributed by atoms with Crippen molar-refractivity contribution in [3.05, 3.63) is 82.9 Å². The van der Waals surface area contributed by atoms with Gasteiger partial charge in [0.05, 0.1) is 5.56 Å². The lowest BCUT2D eigenvalue weighted by Gasteiger charge is -2.28. The van der Waals surface area contributed by atoms with Gasteiger partial charge in [0.2, 0.25) is 0 Å². The standard InChI is InChI=1S/C35H40F4O2/c1-2-3-4-5-6-7-8-23-9-11-24(12-10-23)13-14-25-15-17-26(18-16-25)28-19-20-29(35(40)41)33(38)32(28)27-21-30(36)34(39)31(37)22-27/h15-24H,2-14H2,1H3,(H,40,41). The molecular formula is C35H40F4O2. The number of aryl methyl sites for hydroxylation is 1. The Morgan fingerprint density at radius 3 is 1.93 bits per heavy atom. The Morgan fingerprint density at radius 2 is 1.32 bits per heavy atom. The van der Waals surface area contributed by atoms with Gasteiger partial charge in [0.25, 0.3) is 0 Å². The minimum atomic E-state index is -1.67. The Balaban J connectivity index is 1.39. The van der Waals surface area contributed by atoms with E-state index in [1.807, 2.05) is 24.3 Å². The zero-order valence-corrected chi connectivity index (χ0v) is 23.8. The third kappa shape index (κ3) is 7.99. The molecule has 0 atom stereocenters. The number of carbonyl (C=O) groups is 1. The monoisotopic (exact) mass is 568 g/mol. The molecule has 1 aliphatic rings. The Labute approximate surface area is 240 Å². The van der Waals surface area contributed by atoms with Crippen molar-refractivity contribution in [2.75, 3.05) is 0 Å². The molecule has 41 heavy (non-hydrogen) atoms. The van der Waals surface area contributed by atoms with Gasteiger partial charge in [-0.25, -0.2) is 22.4 Å². The molecule has 0 amide bonds. The van der Waals surface area contributed by atoms with Gasteiger partial charge in [-0.3, -0.25) is 0 Å². The molecule has 6 heteroatoms. The summed E-state index contributed by atoms with van der Waals surface area (Å²) in [6.45, 7) is 2.25. The van der Waals surface area contributed by atoms with Crippen molar-refractivity contribution in [2.45, 2.75) is 90.4 Å². The molecule has 0 aliphatic heterocycles. The van der Waals surface area contributed by atoms with E-state index in [9.17, 15) is 23.1 Å². The van der Waals surface area contributed by atoms with Crippen LogP contribution in [0.15, 0.2) is 48.5 Å². The molecule has 1 saturated carbocycles. The van der Waals surface area contributed by atoms with Crippen LogP contribution >= 0.6 is 0 Å². The average Bonchev–Trinajstić information content (AvgIpc) is 2.97. The first kappa shape index (κ1) is 30.8. The van der Waals surface area contributed by atoms with Gasteiger partial charge < -0.3 is 5.11 Å². The highest BCUT2D eigenvalue weighted by Crippen LogP contribution is 2.38. The predicted octanol–water partition coefficient (Wildman–Crippen LogP) is 10.8. The molecule has 0 aromatic heterocycles. The number of hydrogen-bond acceptors (Lipinski definition) is 1. The van der Waals surface area contributed by atoms with E-state index in [1.165, 1.54) is 76.7 Å². The third-order valence-electron chi connectivity index (χ3n) is 8.68. The van der Waals surface area contributed by atoms with Crippen LogP contribution in [0.5, 0.6) is 0 Å². The summed E-state index contributed by atoms with van der Waals surface area (Å²) in [5.74, 6) is -5.65. The van der Waals surface area contributed by atoms with Crippen LogP contribution in [-0.2, 0) is 6.42 Å². The van der Waals surface area contributed by atoms with Gasteiger partial charge in [0.1, 0.15) is 5.82 Å². The molecule has 220 valence electrons. The molecule has 3 aromatic carbocycles. The first-order valence-corrected chi connectivity index (χ1v) is 15.1. The zero-order chi connectivity index (χ0) is 29.4. The third-order valence-corrected chi connectivity index (χ3v) is 8.68. The fourth-order valence-electron chi connectivity index (χ4n) is 6.21. The molecule has 0 saturated heterocycles. The Hall–Kier alpha value is -3.15. The molecule has 0 spiro atoms. The number of rotatable bonds is 13. The topological polar surface area (TPSA) is 37.3 Å². The first-order chi connectivity index (χ1) is 19.8. The highest BCUT2D eigenvalue weighted by molar-refractivity contribution is 5.94. The Kier molecular flexibility index (Phi) is 11.0. The van der Waals surface area contributed by atoms with Gasteiger partial charge in [-0.2, -0.15) is 0 Å². The molecule has 1 N–H and O–H groups in total. The van der Waals surface area contributed by atoms with Crippen LogP contribution in [0.1, 0.15) is 99.9 Å². The van der Waals surface area contributed by atoms with E-state index in [0.717, 1.165) is 36.3 Å². The Morgan fingerprint density at radius 1 is 0.732 bits per heavy atom. The fourth-order valence-corrected chi connectivity index (χ4v) is 6.21. The van der Waals surface area contributed by atoms with Crippen molar-refractivity contribution in [1.29, 1.82) is 0 Å². The van der Waals surface area contributed by atoms with E-state index < -0.39 is 34.8 Å². The molecule has 0 heterocycles. The largest absolute Gasteiger partial charge is 0.478 e. The second-order valence-electron chi connectivity index (χ2n) is 11.6. The lowest BCUT2D eigenvalue weighted by molar-refractivity contribution is 0.0692. The van der Waals surface area contributed by atoms with Crippen molar-refractivity contribution in [2.24, 2.45) is 11.8 Å². The maximum absolute atomic E-state index is 15.4. The van der Waals surface area contributed by atoms with Crippen LogP contribution < -0.4 is 0 Å². The van der Waals surface area contributed by atoms with E-state index in [4.69, 9.17) is 0 Å². The second kappa shape index (κ2) is 14.7. The lowest BCUT2D eigenvalue weighted by atomic mass is 9.77. The summed E-state index contributed by atoms with van der Waals surface area (Å²) >= 11 is 0. The summed E-state index contributed by atoms with van der Waals surface area (Å²) in [6.07, 6.45) is 16.7. The molecule has 1 aliphatic carbocycles. The number of hydrogen-bond donors (Lipinski definition) is 1.